The number of allylic oxidation sites excluding steroid dienone is 1. The first-order valence-electron chi connectivity index (χ1n) is 7.39. The van der Waals surface area contributed by atoms with Crippen molar-refractivity contribution in [2.24, 2.45) is 0 Å². The maximum Gasteiger partial charge on any atom is 0.309 e. The highest BCUT2D eigenvalue weighted by Crippen LogP contribution is 2.12. The second-order valence-electron chi connectivity index (χ2n) is 5.17. The van der Waals surface area contributed by atoms with Crippen LogP contribution in [-0.4, -0.2) is 52.9 Å². The molecule has 0 rings (SSSR count). The molecular weight excluding hydrogens is 242 g/mol. The largest absolute Gasteiger partial charge is 0.481 e. The van der Waals surface area contributed by atoms with Crippen LogP contribution in [-0.2, 0) is 4.79 Å². The Morgan fingerprint density at radius 1 is 1.21 bits per heavy atom. The molecule has 0 aromatic heterocycles. The Hall–Kier alpha value is -0.870. The Morgan fingerprint density at radius 3 is 2.32 bits per heavy atom. The molecular formula is C15H30NO3+. The summed E-state index contributed by atoms with van der Waals surface area (Å²) in [5.41, 5.74) is 0. The molecule has 0 aliphatic heterocycles. The average molecular weight is 272 g/mol. The molecule has 0 fully saturated rings. The number of aliphatic carboxylic acids is 1. The van der Waals surface area contributed by atoms with Gasteiger partial charge in [0.25, 0.3) is 0 Å². The van der Waals surface area contributed by atoms with Crippen molar-refractivity contribution < 1.29 is 19.5 Å². The number of rotatable bonds is 11. The minimum absolute atomic E-state index is 0.167. The van der Waals surface area contributed by atoms with Crippen LogP contribution in [0.3, 0.4) is 0 Å². The van der Waals surface area contributed by atoms with Crippen molar-refractivity contribution in [2.45, 2.75) is 52.6 Å². The minimum Gasteiger partial charge on any atom is -0.481 e. The van der Waals surface area contributed by atoms with Crippen LogP contribution in [0.5, 0.6) is 0 Å². The lowest BCUT2D eigenvalue weighted by Gasteiger charge is -2.38. The van der Waals surface area contributed by atoms with Crippen molar-refractivity contribution in [3.8, 4) is 0 Å². The van der Waals surface area contributed by atoms with E-state index in [1.54, 1.807) is 0 Å². The molecule has 0 saturated heterocycles. The molecule has 2 N–H and O–H groups in total. The predicted octanol–water partition coefficient (Wildman–Crippen LogP) is 2.42. The molecule has 1 unspecified atom stereocenters. The quantitative estimate of drug-likeness (QED) is 0.448. The van der Waals surface area contributed by atoms with Gasteiger partial charge in [-0.1, -0.05) is 25.5 Å². The van der Waals surface area contributed by atoms with Gasteiger partial charge >= 0.3 is 5.97 Å². The summed E-state index contributed by atoms with van der Waals surface area (Å²) < 4.78 is 0.676. The predicted molar refractivity (Wildman–Crippen MR) is 78.0 cm³/mol. The molecule has 0 saturated carbocycles. The molecule has 0 bridgehead atoms. The number of hydrogen-bond donors (Lipinski definition) is 2. The first-order chi connectivity index (χ1) is 8.99. The summed E-state index contributed by atoms with van der Waals surface area (Å²) in [6, 6.07) is 0. The van der Waals surface area contributed by atoms with Crippen molar-refractivity contribution in [3.05, 3.63) is 12.2 Å². The maximum atomic E-state index is 10.7. The summed E-state index contributed by atoms with van der Waals surface area (Å²) in [4.78, 5) is 10.7. The SMILES string of the molecule is CCC/C=C/CC(O)C[N+](CC)(CC)CCC(=O)O. The molecule has 112 valence electrons. The van der Waals surface area contributed by atoms with E-state index in [4.69, 9.17) is 5.11 Å². The normalized spacial score (nSPS) is 13.9. The molecule has 4 heteroatoms. The van der Waals surface area contributed by atoms with Crippen molar-refractivity contribution in [2.75, 3.05) is 26.2 Å². The molecule has 0 spiro atoms. The zero-order valence-electron chi connectivity index (χ0n) is 12.6. The van der Waals surface area contributed by atoms with Crippen molar-refractivity contribution in [3.63, 3.8) is 0 Å². The summed E-state index contributed by atoms with van der Waals surface area (Å²) >= 11 is 0. The minimum atomic E-state index is -0.762. The summed E-state index contributed by atoms with van der Waals surface area (Å²) in [6.07, 6.45) is 6.75. The standard InChI is InChI=1S/C15H29NO3/c1-4-7-8-9-10-14(17)13-16(5-2,6-3)12-11-15(18)19/h8-9,14,17H,4-7,10-13H2,1-3H3/p+1/b9-8+. The van der Waals surface area contributed by atoms with E-state index in [1.165, 1.54) is 0 Å². The van der Waals surface area contributed by atoms with Gasteiger partial charge in [0.1, 0.15) is 12.6 Å². The molecule has 0 aromatic rings. The molecule has 19 heavy (non-hydrogen) atoms. The van der Waals surface area contributed by atoms with E-state index in [0.29, 0.717) is 24.0 Å². The molecule has 4 nitrogen and oxygen atoms in total. The van der Waals surface area contributed by atoms with E-state index < -0.39 is 5.97 Å². The van der Waals surface area contributed by atoms with E-state index in [2.05, 4.69) is 26.8 Å². The summed E-state index contributed by atoms with van der Waals surface area (Å²) in [6.45, 7) is 9.20. The number of unbranched alkanes of at least 4 members (excludes halogenated alkanes) is 1. The van der Waals surface area contributed by atoms with Gasteiger partial charge in [0.2, 0.25) is 0 Å². The highest BCUT2D eigenvalue weighted by atomic mass is 16.4. The Kier molecular flexibility index (Phi) is 9.53. The van der Waals surface area contributed by atoms with Gasteiger partial charge in [0.15, 0.2) is 0 Å². The van der Waals surface area contributed by atoms with Crippen LogP contribution in [0.25, 0.3) is 0 Å². The number of hydrogen-bond acceptors (Lipinski definition) is 2. The highest BCUT2D eigenvalue weighted by Gasteiger charge is 2.27. The van der Waals surface area contributed by atoms with Gasteiger partial charge in [-0.25, -0.2) is 0 Å². The Bertz CT molecular complexity index is 273. The lowest BCUT2D eigenvalue weighted by atomic mass is 10.1. The van der Waals surface area contributed by atoms with E-state index in [1.807, 2.05) is 6.08 Å². The second-order valence-corrected chi connectivity index (χ2v) is 5.17. The Labute approximate surface area is 117 Å². The van der Waals surface area contributed by atoms with E-state index >= 15 is 0 Å². The third-order valence-electron chi connectivity index (χ3n) is 3.77. The van der Waals surface area contributed by atoms with Gasteiger partial charge in [-0.2, -0.15) is 0 Å². The molecule has 0 aliphatic carbocycles. The third-order valence-corrected chi connectivity index (χ3v) is 3.77. The zero-order chi connectivity index (χ0) is 14.7. The van der Waals surface area contributed by atoms with Gasteiger partial charge in [-0.05, 0) is 26.7 Å². The molecule has 0 aromatic carbocycles. The van der Waals surface area contributed by atoms with Gasteiger partial charge in [-0.15, -0.1) is 0 Å². The van der Waals surface area contributed by atoms with Crippen molar-refractivity contribution >= 4 is 5.97 Å². The maximum absolute atomic E-state index is 10.7. The summed E-state index contributed by atoms with van der Waals surface area (Å²) in [7, 11) is 0. The fourth-order valence-corrected chi connectivity index (χ4v) is 2.28. The monoisotopic (exact) mass is 272 g/mol. The number of aliphatic hydroxyl groups is 1. The fourth-order valence-electron chi connectivity index (χ4n) is 2.28. The first kappa shape index (κ1) is 18.1. The summed E-state index contributed by atoms with van der Waals surface area (Å²) in [5.74, 6) is -0.762. The molecule has 0 heterocycles. The number of carbonyl (C=O) groups is 1. The average Bonchev–Trinajstić information content (AvgIpc) is 2.39. The second kappa shape index (κ2) is 9.98. The van der Waals surface area contributed by atoms with Crippen LogP contribution in [0.15, 0.2) is 12.2 Å². The van der Waals surface area contributed by atoms with Gasteiger partial charge in [0.05, 0.1) is 26.1 Å². The highest BCUT2D eigenvalue weighted by molar-refractivity contribution is 5.66. The number of nitrogens with zero attached hydrogens (tertiary/aromatic N) is 1. The van der Waals surface area contributed by atoms with Crippen LogP contribution in [0.4, 0.5) is 0 Å². The number of aliphatic hydroxyl groups excluding tert-OH is 1. The van der Waals surface area contributed by atoms with Crippen LogP contribution in [0.2, 0.25) is 0 Å². The topological polar surface area (TPSA) is 57.5 Å². The Morgan fingerprint density at radius 2 is 1.84 bits per heavy atom. The van der Waals surface area contributed by atoms with Crippen LogP contribution in [0.1, 0.15) is 46.5 Å². The van der Waals surface area contributed by atoms with Crippen LogP contribution < -0.4 is 0 Å². The van der Waals surface area contributed by atoms with Crippen molar-refractivity contribution in [1.82, 2.24) is 0 Å². The summed E-state index contributed by atoms with van der Waals surface area (Å²) in [5, 5.41) is 18.9. The molecule has 1 atom stereocenters. The number of likely N-dealkylation sites (N-methyl/N-ethyl adjacent to an activating group) is 1. The Balaban J connectivity index is 4.34. The molecule has 0 aliphatic rings. The van der Waals surface area contributed by atoms with Gasteiger partial charge < -0.3 is 14.7 Å². The number of carboxylic acids is 1. The number of carboxylic acid groups (broad SMARTS) is 1. The lowest BCUT2D eigenvalue weighted by Crippen LogP contribution is -2.53. The lowest BCUT2D eigenvalue weighted by molar-refractivity contribution is -0.927. The van der Waals surface area contributed by atoms with Crippen LogP contribution in [0, 0.1) is 0 Å². The van der Waals surface area contributed by atoms with Gasteiger partial charge in [-0.3, -0.25) is 4.79 Å². The first-order valence-corrected chi connectivity index (χ1v) is 7.39. The van der Waals surface area contributed by atoms with Crippen molar-refractivity contribution in [1.29, 1.82) is 0 Å². The smallest absolute Gasteiger partial charge is 0.309 e. The molecule has 0 radical (unpaired) electrons. The third kappa shape index (κ3) is 8.01. The van der Waals surface area contributed by atoms with Gasteiger partial charge in [0, 0.05) is 0 Å². The molecule has 0 amide bonds. The zero-order valence-corrected chi connectivity index (χ0v) is 12.6. The van der Waals surface area contributed by atoms with Crippen LogP contribution >= 0.6 is 0 Å². The fraction of sp³-hybridized carbons (Fsp3) is 0.800. The number of quaternary nitrogens is 1. The van der Waals surface area contributed by atoms with E-state index in [0.717, 1.165) is 25.9 Å². The van der Waals surface area contributed by atoms with E-state index in [9.17, 15) is 9.90 Å². The van der Waals surface area contributed by atoms with E-state index in [-0.39, 0.29) is 12.5 Å².